The number of halogens is 2. The van der Waals surface area contributed by atoms with Crippen LogP contribution in [-0.2, 0) is 10.2 Å². The minimum atomic E-state index is -0.992. The van der Waals surface area contributed by atoms with E-state index in [0.29, 0.717) is 11.1 Å². The van der Waals surface area contributed by atoms with Crippen molar-refractivity contribution in [2.45, 2.75) is 32.6 Å². The summed E-state index contributed by atoms with van der Waals surface area (Å²) in [6.45, 7) is 4.83. The normalized spacial score (nSPS) is 11.6. The molecule has 0 radical (unpaired) electrons. The second kappa shape index (κ2) is 4.20. The Hall–Kier alpha value is -1.45. The van der Waals surface area contributed by atoms with Crippen LogP contribution in [0.5, 0.6) is 0 Å². The summed E-state index contributed by atoms with van der Waals surface area (Å²) in [6.07, 6.45) is -0.170. The summed E-state index contributed by atoms with van der Waals surface area (Å²) in [5.41, 5.74) is -0.0983. The summed E-state index contributed by atoms with van der Waals surface area (Å²) >= 11 is 0. The maximum absolute atomic E-state index is 13.3. The summed E-state index contributed by atoms with van der Waals surface area (Å²) in [6, 6.07) is 2.00. The fraction of sp³-hybridized carbons (Fsp3) is 0.417. The Balaban J connectivity index is 3.26. The maximum atomic E-state index is 13.3. The van der Waals surface area contributed by atoms with Gasteiger partial charge in [0, 0.05) is 11.5 Å². The molecule has 0 fully saturated rings. The van der Waals surface area contributed by atoms with E-state index in [1.165, 1.54) is 13.0 Å². The first kappa shape index (κ1) is 12.6. The molecular weight excluding hydrogens is 214 g/mol. The van der Waals surface area contributed by atoms with Gasteiger partial charge in [-0.15, -0.1) is 0 Å². The van der Waals surface area contributed by atoms with E-state index >= 15 is 0 Å². The van der Waals surface area contributed by atoms with Crippen molar-refractivity contribution in [1.82, 2.24) is 0 Å². The van der Waals surface area contributed by atoms with Gasteiger partial charge in [0.2, 0.25) is 0 Å². The Morgan fingerprint density at radius 1 is 1.38 bits per heavy atom. The molecular formula is C12H14F2O2. The molecule has 0 aromatic heterocycles. The minimum absolute atomic E-state index is 0.170. The zero-order valence-electron chi connectivity index (χ0n) is 9.47. The molecule has 1 N–H and O–H groups in total. The summed E-state index contributed by atoms with van der Waals surface area (Å²) in [4.78, 5) is 10.7. The SMILES string of the molecule is Cc1c(F)cc(F)cc1C(C)(C)CC(=O)O. The van der Waals surface area contributed by atoms with Gasteiger partial charge in [0.1, 0.15) is 11.6 Å². The van der Waals surface area contributed by atoms with Crippen LogP contribution in [0, 0.1) is 18.6 Å². The van der Waals surface area contributed by atoms with E-state index in [0.717, 1.165) is 6.07 Å². The molecule has 0 saturated carbocycles. The van der Waals surface area contributed by atoms with Crippen molar-refractivity contribution in [3.05, 3.63) is 34.9 Å². The van der Waals surface area contributed by atoms with Crippen LogP contribution in [0.15, 0.2) is 12.1 Å². The fourth-order valence-corrected chi connectivity index (χ4v) is 1.82. The summed E-state index contributed by atoms with van der Waals surface area (Å²) < 4.78 is 26.4. The third-order valence-electron chi connectivity index (χ3n) is 2.63. The fourth-order valence-electron chi connectivity index (χ4n) is 1.82. The molecule has 0 saturated heterocycles. The molecule has 1 rings (SSSR count). The molecule has 88 valence electrons. The van der Waals surface area contributed by atoms with E-state index in [1.54, 1.807) is 13.8 Å². The van der Waals surface area contributed by atoms with E-state index in [9.17, 15) is 13.6 Å². The predicted molar refractivity (Wildman–Crippen MR) is 56.4 cm³/mol. The Bertz CT molecular complexity index is 425. The molecule has 0 aliphatic heterocycles. The molecule has 0 heterocycles. The molecule has 1 aromatic carbocycles. The van der Waals surface area contributed by atoms with Gasteiger partial charge in [0.25, 0.3) is 0 Å². The van der Waals surface area contributed by atoms with E-state index in [2.05, 4.69) is 0 Å². The number of carbonyl (C=O) groups is 1. The van der Waals surface area contributed by atoms with E-state index in [1.807, 2.05) is 0 Å². The highest BCUT2D eigenvalue weighted by molar-refractivity contribution is 5.69. The number of benzene rings is 1. The Morgan fingerprint density at radius 2 is 1.94 bits per heavy atom. The van der Waals surface area contributed by atoms with Crippen LogP contribution in [0.1, 0.15) is 31.4 Å². The summed E-state index contributed by atoms with van der Waals surface area (Å²) in [7, 11) is 0. The lowest BCUT2D eigenvalue weighted by Crippen LogP contribution is -2.23. The minimum Gasteiger partial charge on any atom is -0.481 e. The highest BCUT2D eigenvalue weighted by atomic mass is 19.1. The Labute approximate surface area is 92.9 Å². The summed E-state index contributed by atoms with van der Waals surface area (Å²) in [5.74, 6) is -2.32. The number of hydrogen-bond donors (Lipinski definition) is 1. The van der Waals surface area contributed by atoms with Gasteiger partial charge in [0.15, 0.2) is 0 Å². The third-order valence-corrected chi connectivity index (χ3v) is 2.63. The molecule has 0 spiro atoms. The van der Waals surface area contributed by atoms with Crippen LogP contribution in [-0.4, -0.2) is 11.1 Å². The molecule has 16 heavy (non-hydrogen) atoms. The van der Waals surface area contributed by atoms with E-state index in [-0.39, 0.29) is 6.42 Å². The number of rotatable bonds is 3. The zero-order valence-corrected chi connectivity index (χ0v) is 9.47. The van der Waals surface area contributed by atoms with Gasteiger partial charge in [-0.2, -0.15) is 0 Å². The average Bonchev–Trinajstić information content (AvgIpc) is 2.08. The number of carboxylic acids is 1. The quantitative estimate of drug-likeness (QED) is 0.863. The lowest BCUT2D eigenvalue weighted by molar-refractivity contribution is -0.138. The standard InChI is InChI=1S/C12H14F2O2/c1-7-9(4-8(13)5-10(7)14)12(2,3)6-11(15)16/h4-5H,6H2,1-3H3,(H,15,16). The monoisotopic (exact) mass is 228 g/mol. The highest BCUT2D eigenvalue weighted by Crippen LogP contribution is 2.31. The molecule has 4 heteroatoms. The molecule has 0 aliphatic rings. The van der Waals surface area contributed by atoms with Crippen molar-refractivity contribution >= 4 is 5.97 Å². The molecule has 0 aliphatic carbocycles. The van der Waals surface area contributed by atoms with Crippen molar-refractivity contribution in [3.63, 3.8) is 0 Å². The maximum Gasteiger partial charge on any atom is 0.304 e. The lowest BCUT2D eigenvalue weighted by atomic mass is 9.79. The van der Waals surface area contributed by atoms with Crippen molar-refractivity contribution in [1.29, 1.82) is 0 Å². The van der Waals surface area contributed by atoms with Crippen molar-refractivity contribution < 1.29 is 18.7 Å². The molecule has 0 unspecified atom stereocenters. The zero-order chi connectivity index (χ0) is 12.5. The first-order valence-corrected chi connectivity index (χ1v) is 4.92. The number of aliphatic carboxylic acids is 1. The summed E-state index contributed by atoms with van der Waals surface area (Å²) in [5, 5.41) is 8.75. The molecule has 0 amide bonds. The third kappa shape index (κ3) is 2.56. The molecule has 0 bridgehead atoms. The van der Waals surface area contributed by atoms with Gasteiger partial charge < -0.3 is 5.11 Å². The van der Waals surface area contributed by atoms with Gasteiger partial charge in [-0.1, -0.05) is 13.8 Å². The van der Waals surface area contributed by atoms with E-state index in [4.69, 9.17) is 5.11 Å². The van der Waals surface area contributed by atoms with Crippen LogP contribution in [0.3, 0.4) is 0 Å². The van der Waals surface area contributed by atoms with Crippen LogP contribution >= 0.6 is 0 Å². The van der Waals surface area contributed by atoms with Crippen molar-refractivity contribution in [2.24, 2.45) is 0 Å². The van der Waals surface area contributed by atoms with E-state index < -0.39 is 23.0 Å². The Morgan fingerprint density at radius 3 is 2.44 bits per heavy atom. The smallest absolute Gasteiger partial charge is 0.304 e. The van der Waals surface area contributed by atoms with Gasteiger partial charge in [0.05, 0.1) is 6.42 Å². The average molecular weight is 228 g/mol. The molecule has 2 nitrogen and oxygen atoms in total. The largest absolute Gasteiger partial charge is 0.481 e. The van der Waals surface area contributed by atoms with Crippen LogP contribution in [0.2, 0.25) is 0 Å². The number of hydrogen-bond acceptors (Lipinski definition) is 1. The van der Waals surface area contributed by atoms with Gasteiger partial charge in [-0.05, 0) is 24.1 Å². The lowest BCUT2D eigenvalue weighted by Gasteiger charge is -2.25. The predicted octanol–water partition coefficient (Wildman–Crippen LogP) is 3.03. The Kier molecular flexibility index (Phi) is 3.31. The molecule has 1 aromatic rings. The van der Waals surface area contributed by atoms with Crippen LogP contribution in [0.25, 0.3) is 0 Å². The van der Waals surface area contributed by atoms with Crippen LogP contribution in [0.4, 0.5) is 8.78 Å². The molecule has 0 atom stereocenters. The second-order valence-corrected chi connectivity index (χ2v) is 4.51. The highest BCUT2D eigenvalue weighted by Gasteiger charge is 2.27. The topological polar surface area (TPSA) is 37.3 Å². The van der Waals surface area contributed by atoms with Gasteiger partial charge in [-0.3, -0.25) is 4.79 Å². The first-order chi connectivity index (χ1) is 7.24. The van der Waals surface area contributed by atoms with Crippen molar-refractivity contribution in [3.8, 4) is 0 Å². The van der Waals surface area contributed by atoms with Gasteiger partial charge >= 0.3 is 5.97 Å². The van der Waals surface area contributed by atoms with Crippen LogP contribution < -0.4 is 0 Å². The second-order valence-electron chi connectivity index (χ2n) is 4.51. The first-order valence-electron chi connectivity index (χ1n) is 4.92. The van der Waals surface area contributed by atoms with Gasteiger partial charge in [-0.25, -0.2) is 8.78 Å². The number of carboxylic acid groups (broad SMARTS) is 1. The van der Waals surface area contributed by atoms with Crippen molar-refractivity contribution in [2.75, 3.05) is 0 Å².